The highest BCUT2D eigenvalue weighted by Crippen LogP contribution is 2.43. The first kappa shape index (κ1) is 82.1. The Morgan fingerprint density at radius 3 is 0.885 bits per heavy atom. The number of unbranched alkanes of at least 4 members (excludes halogenated alkanes) is 19. The lowest BCUT2D eigenvalue weighted by atomic mass is 10.0. The Bertz CT molecular complexity index is 2080. The number of hydrogen-bond donors (Lipinski definition) is 2. The molecule has 9 nitrogen and oxygen atoms in total. The van der Waals surface area contributed by atoms with Crippen LogP contribution in [0.4, 0.5) is 0 Å². The molecule has 0 spiro atoms. The fourth-order valence-corrected chi connectivity index (χ4v) is 9.57. The van der Waals surface area contributed by atoms with Crippen molar-refractivity contribution in [3.05, 3.63) is 182 Å². The standard InChI is InChI=1S/C77H124NO8P/c1-3-5-7-9-11-13-15-17-19-21-23-25-27-29-31-33-34-35-36-37-38-39-40-42-44-46-48-50-52-54-56-58-60-62-64-66-68-70-77(80)86-75(74-85-87(81,82)84-72-71-78)73-83-76(79)69-67-65-63-61-59-57-55-53-51-49-47-45-43-41-32-30-28-26-24-22-20-18-16-14-12-10-8-6-4-2/h5-8,11-14,17-20,23-26,29-32,34-35,37-38,40,42-43,45,49,51,75H,3-4,9-10,15-16,21-22,27-28,33,36,39,41,44,46-48,50,52-74,78H2,1-2H3,(H,81,82)/b7-5-,8-6-,13-11-,14-12-,19-17-,20-18-,25-23-,26-24-,31-29-,32-30-,35-34-,38-37-,42-40-,45-43-,51-49-. The molecule has 0 radical (unpaired) electrons. The first-order chi connectivity index (χ1) is 42.8. The van der Waals surface area contributed by atoms with Gasteiger partial charge in [0.25, 0.3) is 0 Å². The minimum Gasteiger partial charge on any atom is -0.462 e. The summed E-state index contributed by atoms with van der Waals surface area (Å²) in [6.45, 7) is 3.49. The molecule has 0 aromatic carbocycles. The van der Waals surface area contributed by atoms with Crippen LogP contribution in [0.2, 0.25) is 0 Å². The number of hydrogen-bond acceptors (Lipinski definition) is 8. The maximum atomic E-state index is 12.8. The molecule has 0 aliphatic rings. The molecular weight excluding hydrogens is 1100 g/mol. The van der Waals surface area contributed by atoms with E-state index in [9.17, 15) is 19.0 Å². The monoisotopic (exact) mass is 1220 g/mol. The minimum atomic E-state index is -4.41. The second-order valence-electron chi connectivity index (χ2n) is 21.9. The van der Waals surface area contributed by atoms with Crippen LogP contribution in [0.25, 0.3) is 0 Å². The summed E-state index contributed by atoms with van der Waals surface area (Å²) < 4.78 is 33.2. The van der Waals surface area contributed by atoms with Gasteiger partial charge in [-0.15, -0.1) is 0 Å². The Kier molecular flexibility index (Phi) is 66.3. The van der Waals surface area contributed by atoms with Crippen LogP contribution in [0.3, 0.4) is 0 Å². The summed E-state index contributed by atoms with van der Waals surface area (Å²) in [5, 5.41) is 0. The van der Waals surface area contributed by atoms with Gasteiger partial charge in [0.2, 0.25) is 0 Å². The Labute approximate surface area is 533 Å². The molecule has 2 unspecified atom stereocenters. The molecule has 0 heterocycles. The molecule has 10 heteroatoms. The average Bonchev–Trinajstić information content (AvgIpc) is 3.65. The number of carbonyl (C=O) groups excluding carboxylic acids is 2. The van der Waals surface area contributed by atoms with Crippen LogP contribution in [0.15, 0.2) is 182 Å². The number of phosphoric ester groups is 1. The van der Waals surface area contributed by atoms with Gasteiger partial charge in [-0.1, -0.05) is 292 Å². The molecule has 0 aromatic heterocycles. The van der Waals surface area contributed by atoms with Gasteiger partial charge in [0.05, 0.1) is 13.2 Å². The third kappa shape index (κ3) is 70.1. The number of esters is 2. The maximum Gasteiger partial charge on any atom is 0.472 e. The van der Waals surface area contributed by atoms with Gasteiger partial charge in [0, 0.05) is 19.4 Å². The van der Waals surface area contributed by atoms with Gasteiger partial charge in [-0.2, -0.15) is 0 Å². The molecule has 0 rings (SSSR count). The fraction of sp³-hybridized carbons (Fsp3) is 0.584. The van der Waals surface area contributed by atoms with E-state index in [2.05, 4.69) is 196 Å². The Hall–Kier alpha value is -4.89. The second-order valence-corrected chi connectivity index (χ2v) is 23.4. The zero-order valence-corrected chi connectivity index (χ0v) is 55.8. The number of nitrogens with two attached hydrogens (primary N) is 1. The summed E-state index contributed by atoms with van der Waals surface area (Å²) in [6, 6.07) is 0. The number of allylic oxidation sites excluding steroid dienone is 30. The maximum absolute atomic E-state index is 12.8. The third-order valence-electron chi connectivity index (χ3n) is 13.8. The van der Waals surface area contributed by atoms with Gasteiger partial charge in [0.15, 0.2) is 6.10 Å². The molecule has 0 fully saturated rings. The van der Waals surface area contributed by atoms with Crippen LogP contribution in [-0.4, -0.2) is 49.3 Å². The molecular formula is C77H124NO8P. The van der Waals surface area contributed by atoms with E-state index in [4.69, 9.17) is 24.3 Å². The van der Waals surface area contributed by atoms with Gasteiger partial charge >= 0.3 is 19.8 Å². The highest BCUT2D eigenvalue weighted by Gasteiger charge is 2.26. The van der Waals surface area contributed by atoms with Gasteiger partial charge < -0.3 is 20.1 Å². The van der Waals surface area contributed by atoms with Crippen LogP contribution in [0, 0.1) is 0 Å². The van der Waals surface area contributed by atoms with Crippen molar-refractivity contribution in [3.8, 4) is 0 Å². The van der Waals surface area contributed by atoms with E-state index in [1.165, 1.54) is 70.6 Å². The Balaban J connectivity index is 3.99. The lowest BCUT2D eigenvalue weighted by Crippen LogP contribution is -2.29. The van der Waals surface area contributed by atoms with Crippen LogP contribution >= 0.6 is 7.82 Å². The summed E-state index contributed by atoms with van der Waals surface area (Å²) in [6.07, 6.45) is 105. The molecule has 0 saturated heterocycles. The molecule has 0 aliphatic heterocycles. The molecule has 0 saturated carbocycles. The van der Waals surface area contributed by atoms with Crippen LogP contribution in [-0.2, 0) is 32.7 Å². The van der Waals surface area contributed by atoms with Crippen molar-refractivity contribution in [1.82, 2.24) is 0 Å². The molecule has 0 aromatic rings. The Morgan fingerprint density at radius 1 is 0.345 bits per heavy atom. The smallest absolute Gasteiger partial charge is 0.462 e. The normalized spacial score (nSPS) is 14.1. The van der Waals surface area contributed by atoms with Crippen molar-refractivity contribution >= 4 is 19.8 Å². The summed E-state index contributed by atoms with van der Waals surface area (Å²) in [5.74, 6) is -0.852. The minimum absolute atomic E-state index is 0.0424. The van der Waals surface area contributed by atoms with Crippen LogP contribution < -0.4 is 5.73 Å². The summed E-state index contributed by atoms with van der Waals surface area (Å²) in [5.41, 5.74) is 5.40. The van der Waals surface area contributed by atoms with E-state index >= 15 is 0 Å². The van der Waals surface area contributed by atoms with Crippen molar-refractivity contribution in [1.29, 1.82) is 0 Å². The number of phosphoric acid groups is 1. The van der Waals surface area contributed by atoms with E-state index in [1.807, 2.05) is 0 Å². The Morgan fingerprint density at radius 2 is 0.598 bits per heavy atom. The van der Waals surface area contributed by atoms with Gasteiger partial charge in [-0.25, -0.2) is 4.57 Å². The quantitative estimate of drug-likeness (QED) is 0.0264. The summed E-state index contributed by atoms with van der Waals surface area (Å²) >= 11 is 0. The first-order valence-corrected chi connectivity index (χ1v) is 35.8. The number of ether oxygens (including phenoxy) is 2. The van der Waals surface area contributed by atoms with Gasteiger partial charge in [-0.05, 0) is 135 Å². The number of carbonyl (C=O) groups is 2. The number of rotatable bonds is 62. The SMILES string of the molecule is CC/C=C\C/C=C\C/C=C\C/C=C\C/C=C\C/C=C\C/C=C\C/C=C\CCCCCCCCCCCCCCC(=O)OC(COC(=O)CCCCCCCCC/C=C\C/C=C\C/C=C\C/C=C\C/C=C\C/C=C\C/C=C\CC)COP(=O)(O)OCCN. The lowest BCUT2D eigenvalue weighted by molar-refractivity contribution is -0.161. The third-order valence-corrected chi connectivity index (χ3v) is 14.8. The van der Waals surface area contributed by atoms with E-state index in [-0.39, 0.29) is 32.6 Å². The fourth-order valence-electron chi connectivity index (χ4n) is 8.81. The zero-order chi connectivity index (χ0) is 63.0. The molecule has 3 N–H and O–H groups in total. The topological polar surface area (TPSA) is 134 Å². The van der Waals surface area contributed by atoms with Crippen molar-refractivity contribution < 1.29 is 37.6 Å². The van der Waals surface area contributed by atoms with Crippen molar-refractivity contribution in [2.45, 2.75) is 264 Å². The van der Waals surface area contributed by atoms with E-state index in [0.29, 0.717) is 12.8 Å². The largest absolute Gasteiger partial charge is 0.472 e. The first-order valence-electron chi connectivity index (χ1n) is 34.3. The van der Waals surface area contributed by atoms with E-state index < -0.39 is 32.5 Å². The van der Waals surface area contributed by atoms with Crippen LogP contribution in [0.5, 0.6) is 0 Å². The zero-order valence-electron chi connectivity index (χ0n) is 54.9. The van der Waals surface area contributed by atoms with Crippen molar-refractivity contribution in [3.63, 3.8) is 0 Å². The molecule has 2 atom stereocenters. The van der Waals surface area contributed by atoms with E-state index in [1.54, 1.807) is 0 Å². The average molecular weight is 1220 g/mol. The highest BCUT2D eigenvalue weighted by molar-refractivity contribution is 7.47. The molecule has 0 amide bonds. The summed E-state index contributed by atoms with van der Waals surface area (Å²) in [7, 11) is -4.41. The van der Waals surface area contributed by atoms with Crippen molar-refractivity contribution in [2.24, 2.45) is 5.73 Å². The van der Waals surface area contributed by atoms with Gasteiger partial charge in [0.1, 0.15) is 6.61 Å². The molecule has 490 valence electrons. The summed E-state index contributed by atoms with van der Waals surface area (Å²) in [4.78, 5) is 35.4. The lowest BCUT2D eigenvalue weighted by Gasteiger charge is -2.19. The highest BCUT2D eigenvalue weighted by atomic mass is 31.2. The predicted octanol–water partition coefficient (Wildman–Crippen LogP) is 22.7. The van der Waals surface area contributed by atoms with E-state index in [0.717, 1.165) is 148 Å². The molecule has 0 bridgehead atoms. The molecule has 0 aliphatic carbocycles. The van der Waals surface area contributed by atoms with Crippen molar-refractivity contribution in [2.75, 3.05) is 26.4 Å². The molecule has 87 heavy (non-hydrogen) atoms. The second kappa shape index (κ2) is 70.2. The predicted molar refractivity (Wildman–Crippen MR) is 376 cm³/mol. The van der Waals surface area contributed by atoms with Crippen LogP contribution in [0.1, 0.15) is 258 Å². The van der Waals surface area contributed by atoms with Gasteiger partial charge in [-0.3, -0.25) is 18.6 Å².